The van der Waals surface area contributed by atoms with Crippen molar-refractivity contribution in [2.75, 3.05) is 0 Å². The molecule has 0 amide bonds. The highest BCUT2D eigenvalue weighted by atomic mass is 35.5. The average molecular weight is 219 g/mol. The third kappa shape index (κ3) is 2.44. The third-order valence-corrected chi connectivity index (χ3v) is 2.30. The van der Waals surface area contributed by atoms with E-state index in [2.05, 4.69) is 0 Å². The Morgan fingerprint density at radius 3 is 2.57 bits per heavy atom. The van der Waals surface area contributed by atoms with Gasteiger partial charge >= 0.3 is 0 Å². The Bertz CT molecular complexity index is 317. The van der Waals surface area contributed by atoms with Crippen LogP contribution in [0.4, 0.5) is 4.39 Å². The van der Waals surface area contributed by atoms with E-state index in [4.69, 9.17) is 11.6 Å². The molecule has 0 aliphatic carbocycles. The van der Waals surface area contributed by atoms with E-state index >= 15 is 0 Å². The molecule has 0 aromatic heterocycles. The molecule has 0 spiro atoms. The summed E-state index contributed by atoms with van der Waals surface area (Å²) in [4.78, 5) is 0. The molecule has 0 heterocycles. The quantitative estimate of drug-likeness (QED) is 0.817. The van der Waals surface area contributed by atoms with Crippen molar-refractivity contribution in [3.63, 3.8) is 0 Å². The minimum atomic E-state index is -1.20. The summed E-state index contributed by atoms with van der Waals surface area (Å²) in [6.45, 7) is 1.71. The molecule has 1 rings (SSSR count). The molecule has 0 aliphatic rings. The largest absolute Gasteiger partial charge is 0.390 e. The average Bonchev–Trinajstić information content (AvgIpc) is 2.15. The van der Waals surface area contributed by atoms with Crippen LogP contribution in [-0.2, 0) is 0 Å². The number of rotatable bonds is 3. The third-order valence-electron chi connectivity index (χ3n) is 2.06. The lowest BCUT2D eigenvalue weighted by molar-refractivity contribution is 0.0144. The predicted molar refractivity (Wildman–Crippen MR) is 52.7 cm³/mol. The zero-order chi connectivity index (χ0) is 10.7. The van der Waals surface area contributed by atoms with Gasteiger partial charge in [0, 0.05) is 10.6 Å². The van der Waals surface area contributed by atoms with Crippen molar-refractivity contribution >= 4 is 11.6 Å². The van der Waals surface area contributed by atoms with Crippen LogP contribution in [0.1, 0.15) is 25.0 Å². The summed E-state index contributed by atoms with van der Waals surface area (Å²) in [6.07, 6.45) is -1.79. The molecule has 2 N–H and O–H groups in total. The first-order valence-electron chi connectivity index (χ1n) is 4.37. The van der Waals surface area contributed by atoms with E-state index in [9.17, 15) is 14.6 Å². The van der Waals surface area contributed by atoms with Gasteiger partial charge in [0.25, 0.3) is 0 Å². The molecule has 14 heavy (non-hydrogen) atoms. The second-order valence-corrected chi connectivity index (χ2v) is 3.52. The highest BCUT2D eigenvalue weighted by Gasteiger charge is 2.19. The van der Waals surface area contributed by atoms with Gasteiger partial charge in [0.15, 0.2) is 0 Å². The first kappa shape index (κ1) is 11.4. The molecule has 78 valence electrons. The molecular formula is C10H12ClFO2. The second kappa shape index (κ2) is 4.73. The predicted octanol–water partition coefficient (Wildman–Crippen LogP) is 2.28. The summed E-state index contributed by atoms with van der Waals surface area (Å²) in [5.41, 5.74) is 0.0729. The highest BCUT2D eigenvalue weighted by molar-refractivity contribution is 6.30. The topological polar surface area (TPSA) is 40.5 Å². The van der Waals surface area contributed by atoms with Gasteiger partial charge in [-0.15, -0.1) is 0 Å². The van der Waals surface area contributed by atoms with Gasteiger partial charge in [0.2, 0.25) is 0 Å². The molecule has 2 nitrogen and oxygen atoms in total. The molecule has 2 unspecified atom stereocenters. The maximum Gasteiger partial charge on any atom is 0.130 e. The highest BCUT2D eigenvalue weighted by Crippen LogP contribution is 2.24. The van der Waals surface area contributed by atoms with Crippen LogP contribution in [0, 0.1) is 5.82 Å². The van der Waals surface area contributed by atoms with E-state index in [0.717, 1.165) is 6.07 Å². The first-order valence-corrected chi connectivity index (χ1v) is 4.75. The van der Waals surface area contributed by atoms with Crippen molar-refractivity contribution in [2.24, 2.45) is 0 Å². The summed E-state index contributed by atoms with van der Waals surface area (Å²) in [5, 5.41) is 19.1. The summed E-state index contributed by atoms with van der Waals surface area (Å²) >= 11 is 5.55. The van der Waals surface area contributed by atoms with Gasteiger partial charge in [0.1, 0.15) is 11.9 Å². The summed E-state index contributed by atoms with van der Waals surface area (Å²) in [7, 11) is 0. The van der Waals surface area contributed by atoms with Gasteiger partial charge in [-0.1, -0.05) is 24.6 Å². The molecule has 0 bridgehead atoms. The van der Waals surface area contributed by atoms with Crippen LogP contribution in [0.3, 0.4) is 0 Å². The summed E-state index contributed by atoms with van der Waals surface area (Å²) in [5.74, 6) is -0.600. The number of aliphatic hydroxyl groups is 2. The van der Waals surface area contributed by atoms with E-state index in [1.807, 2.05) is 0 Å². The van der Waals surface area contributed by atoms with Crippen molar-refractivity contribution in [2.45, 2.75) is 25.6 Å². The number of benzene rings is 1. The standard InChI is InChI=1S/C10H12ClFO2/c1-2-9(13)10(14)7-4-3-6(11)5-8(7)12/h3-5,9-10,13-14H,2H2,1H3. The molecule has 1 aromatic rings. The minimum absolute atomic E-state index is 0.0729. The van der Waals surface area contributed by atoms with E-state index in [0.29, 0.717) is 6.42 Å². The molecular weight excluding hydrogens is 207 g/mol. The number of aliphatic hydroxyl groups excluding tert-OH is 2. The normalized spacial score (nSPS) is 15.2. The maximum atomic E-state index is 13.2. The van der Waals surface area contributed by atoms with Gasteiger partial charge in [-0.3, -0.25) is 0 Å². The van der Waals surface area contributed by atoms with Crippen molar-refractivity contribution in [3.8, 4) is 0 Å². The van der Waals surface area contributed by atoms with Gasteiger partial charge in [-0.25, -0.2) is 4.39 Å². The molecule has 0 radical (unpaired) electrons. The molecule has 0 fully saturated rings. The lowest BCUT2D eigenvalue weighted by atomic mass is 10.0. The SMILES string of the molecule is CCC(O)C(O)c1ccc(Cl)cc1F. The number of halogens is 2. The zero-order valence-corrected chi connectivity index (χ0v) is 8.50. The Morgan fingerprint density at radius 1 is 1.43 bits per heavy atom. The van der Waals surface area contributed by atoms with Crippen LogP contribution in [-0.4, -0.2) is 16.3 Å². The Morgan fingerprint density at radius 2 is 2.07 bits per heavy atom. The van der Waals surface area contributed by atoms with Crippen LogP contribution in [0.5, 0.6) is 0 Å². The minimum Gasteiger partial charge on any atom is -0.390 e. The smallest absolute Gasteiger partial charge is 0.130 e. The fourth-order valence-electron chi connectivity index (χ4n) is 1.17. The van der Waals surface area contributed by atoms with Crippen LogP contribution in [0.15, 0.2) is 18.2 Å². The van der Waals surface area contributed by atoms with Gasteiger partial charge < -0.3 is 10.2 Å². The Kier molecular flexibility index (Phi) is 3.86. The van der Waals surface area contributed by atoms with Crippen molar-refractivity contribution in [3.05, 3.63) is 34.6 Å². The molecule has 4 heteroatoms. The molecule has 0 saturated heterocycles. The zero-order valence-electron chi connectivity index (χ0n) is 7.74. The maximum absolute atomic E-state index is 13.2. The van der Waals surface area contributed by atoms with Crippen molar-refractivity contribution in [1.29, 1.82) is 0 Å². The van der Waals surface area contributed by atoms with E-state index in [1.165, 1.54) is 12.1 Å². The Balaban J connectivity index is 2.95. The van der Waals surface area contributed by atoms with Crippen LogP contribution < -0.4 is 0 Å². The molecule has 1 aromatic carbocycles. The fraction of sp³-hybridized carbons (Fsp3) is 0.400. The number of hydrogen-bond acceptors (Lipinski definition) is 2. The van der Waals surface area contributed by atoms with Crippen LogP contribution in [0.2, 0.25) is 5.02 Å². The molecule has 0 aliphatic heterocycles. The fourth-order valence-corrected chi connectivity index (χ4v) is 1.33. The van der Waals surface area contributed by atoms with E-state index in [-0.39, 0.29) is 10.6 Å². The van der Waals surface area contributed by atoms with E-state index < -0.39 is 18.0 Å². The van der Waals surface area contributed by atoms with Crippen LogP contribution >= 0.6 is 11.6 Å². The molecule has 0 saturated carbocycles. The van der Waals surface area contributed by atoms with Crippen molar-refractivity contribution in [1.82, 2.24) is 0 Å². The summed E-state index contributed by atoms with van der Waals surface area (Å²) in [6, 6.07) is 3.97. The Labute approximate surface area is 86.9 Å². The van der Waals surface area contributed by atoms with E-state index in [1.54, 1.807) is 6.92 Å². The first-order chi connectivity index (χ1) is 6.56. The van der Waals surface area contributed by atoms with Crippen LogP contribution in [0.25, 0.3) is 0 Å². The summed E-state index contributed by atoms with van der Waals surface area (Å²) < 4.78 is 13.2. The van der Waals surface area contributed by atoms with Crippen molar-refractivity contribution < 1.29 is 14.6 Å². The monoisotopic (exact) mass is 218 g/mol. The van der Waals surface area contributed by atoms with Gasteiger partial charge in [-0.2, -0.15) is 0 Å². The van der Waals surface area contributed by atoms with Gasteiger partial charge in [-0.05, 0) is 18.6 Å². The lowest BCUT2D eigenvalue weighted by Gasteiger charge is -2.16. The second-order valence-electron chi connectivity index (χ2n) is 3.09. The van der Waals surface area contributed by atoms with Gasteiger partial charge in [0.05, 0.1) is 6.10 Å². The lowest BCUT2D eigenvalue weighted by Crippen LogP contribution is -2.18. The Hall–Kier alpha value is -0.640. The molecule has 2 atom stereocenters. The number of hydrogen-bond donors (Lipinski definition) is 2.